The molecule has 0 unspecified atom stereocenters. The summed E-state index contributed by atoms with van der Waals surface area (Å²) in [5, 5.41) is 49.9. The summed E-state index contributed by atoms with van der Waals surface area (Å²) in [6.45, 7) is 8.33. The quantitative estimate of drug-likeness (QED) is 0.0466. The highest BCUT2D eigenvalue weighted by molar-refractivity contribution is 6.07. The molecular formula is C64H70FN15O9. The predicted molar refractivity (Wildman–Crippen MR) is 329 cm³/mol. The molecule has 0 spiro atoms. The number of aromatic nitrogens is 9. The average Bonchev–Trinajstić information content (AvgIpc) is 1.93. The third-order valence-electron chi connectivity index (χ3n) is 18.3. The molecule has 9 N–H and O–H groups in total. The summed E-state index contributed by atoms with van der Waals surface area (Å²) in [6, 6.07) is 15.6. The topological polar surface area (TPSA) is 311 Å². The zero-order valence-electron chi connectivity index (χ0n) is 49.5. The number of fused-ring (bicyclic) bond motifs is 7. The number of nitrogens with two attached hydrogens (primary N) is 1. The first-order valence-corrected chi connectivity index (χ1v) is 30.6. The summed E-state index contributed by atoms with van der Waals surface area (Å²) in [6.07, 6.45) is 8.10. The maximum atomic E-state index is 16.3. The number of hydrogen-bond acceptors (Lipinski definition) is 16. The molecule has 1 saturated carbocycles. The first-order chi connectivity index (χ1) is 43.2. The van der Waals surface area contributed by atoms with Gasteiger partial charge in [0.2, 0.25) is 11.8 Å². The molecular weight excluding hydrogens is 1140 g/mol. The van der Waals surface area contributed by atoms with Crippen LogP contribution in [0.1, 0.15) is 92.6 Å². The minimum atomic E-state index is -1.08. The van der Waals surface area contributed by atoms with Crippen LogP contribution >= 0.6 is 0 Å². The molecule has 4 amide bonds. The Bertz CT molecular complexity index is 4290. The number of anilines is 1. The molecule has 4 aliphatic heterocycles. The summed E-state index contributed by atoms with van der Waals surface area (Å²) >= 11 is 0. The van der Waals surface area contributed by atoms with E-state index in [1.807, 2.05) is 50.2 Å². The molecule has 462 valence electrons. The second kappa shape index (κ2) is 23.5. The molecule has 4 aromatic carbocycles. The van der Waals surface area contributed by atoms with E-state index in [0.29, 0.717) is 94.0 Å². The Kier molecular flexibility index (Phi) is 15.2. The maximum absolute atomic E-state index is 16.3. The average molecular weight is 1210 g/mol. The van der Waals surface area contributed by atoms with Crippen LogP contribution in [0, 0.1) is 18.7 Å². The molecule has 5 aromatic heterocycles. The predicted octanol–water partition coefficient (Wildman–Crippen LogP) is 5.92. The number of primary amides is 1. The van der Waals surface area contributed by atoms with Crippen LogP contribution in [-0.4, -0.2) is 154 Å². The number of likely N-dealkylation sites (tertiary alicyclic amines) is 1. The fourth-order valence-electron chi connectivity index (χ4n) is 13.7. The Hall–Kier alpha value is -9.04. The lowest BCUT2D eigenvalue weighted by molar-refractivity contribution is -0.142. The lowest BCUT2D eigenvalue weighted by Gasteiger charge is -2.31. The fourth-order valence-corrected chi connectivity index (χ4v) is 13.7. The van der Waals surface area contributed by atoms with E-state index in [-0.39, 0.29) is 67.4 Å². The van der Waals surface area contributed by atoms with Gasteiger partial charge in [-0.3, -0.25) is 28.8 Å². The Morgan fingerprint density at radius 3 is 2.49 bits per heavy atom. The number of benzene rings is 4. The van der Waals surface area contributed by atoms with Crippen molar-refractivity contribution in [2.45, 2.75) is 121 Å². The second-order valence-electron chi connectivity index (χ2n) is 24.6. The largest absolute Gasteiger partial charge is 0.486 e. The molecule has 6 atom stereocenters. The fraction of sp³-hybridized carbons (Fsp3) is 0.422. The third kappa shape index (κ3) is 10.9. The zero-order chi connectivity index (χ0) is 61.4. The number of ether oxygens (including phenoxy) is 3. The van der Waals surface area contributed by atoms with E-state index in [1.165, 1.54) is 15.6 Å². The summed E-state index contributed by atoms with van der Waals surface area (Å²) in [7, 11) is 0. The first-order valence-electron chi connectivity index (χ1n) is 30.6. The summed E-state index contributed by atoms with van der Waals surface area (Å²) < 4.78 is 39.0. The number of β-amino-alcohol motifs (C(OH)–C–C–N with tert-alkyl or cyclic N) is 1. The van der Waals surface area contributed by atoms with Gasteiger partial charge < -0.3 is 60.9 Å². The van der Waals surface area contributed by atoms with E-state index in [9.17, 15) is 29.4 Å². The molecule has 14 rings (SSSR count). The van der Waals surface area contributed by atoms with Gasteiger partial charge in [0.1, 0.15) is 41.9 Å². The van der Waals surface area contributed by atoms with Gasteiger partial charge in [-0.15, -0.1) is 0 Å². The van der Waals surface area contributed by atoms with Crippen molar-refractivity contribution >= 4 is 67.3 Å². The number of amides is 4. The van der Waals surface area contributed by atoms with Gasteiger partial charge in [-0.25, -0.2) is 9.18 Å². The van der Waals surface area contributed by atoms with Gasteiger partial charge in [0.25, 0.3) is 5.56 Å². The minimum absolute atomic E-state index is 0.0150. The van der Waals surface area contributed by atoms with Crippen molar-refractivity contribution in [3.8, 4) is 34.1 Å². The van der Waals surface area contributed by atoms with Crippen molar-refractivity contribution in [1.82, 2.24) is 65.6 Å². The van der Waals surface area contributed by atoms with Gasteiger partial charge >= 0.3 is 12.0 Å². The molecule has 2 bridgehead atoms. The van der Waals surface area contributed by atoms with Crippen molar-refractivity contribution in [1.29, 1.82) is 0 Å². The third-order valence-corrected chi connectivity index (χ3v) is 18.3. The summed E-state index contributed by atoms with van der Waals surface area (Å²) in [5.74, 6) is -0.403. The van der Waals surface area contributed by atoms with Gasteiger partial charge in [-0.05, 0) is 90.1 Å². The van der Waals surface area contributed by atoms with E-state index >= 15 is 4.39 Å². The van der Waals surface area contributed by atoms with E-state index < -0.39 is 54.2 Å². The lowest BCUT2D eigenvalue weighted by atomic mass is 9.88. The van der Waals surface area contributed by atoms with Crippen molar-refractivity contribution in [2.75, 3.05) is 50.9 Å². The van der Waals surface area contributed by atoms with Crippen LogP contribution < -0.4 is 41.6 Å². The number of aromatic amines is 2. The molecule has 1 aliphatic carbocycles. The zero-order valence-corrected chi connectivity index (χ0v) is 49.5. The molecule has 9 aromatic rings. The van der Waals surface area contributed by atoms with E-state index in [2.05, 4.69) is 47.2 Å². The minimum Gasteiger partial charge on any atom is -0.486 e. The number of rotatable bonds is 19. The molecule has 89 heavy (non-hydrogen) atoms. The van der Waals surface area contributed by atoms with Gasteiger partial charge in [0.15, 0.2) is 11.3 Å². The standard InChI is InChI=1S/C64H70FN15O9/c1-32(2)57(62(85)78-28-40(82)22-52(78)60(83)72-50(30-81)36-7-9-37(10-8-36)51-12-15-70-79(51)17-16-67-63(66)86)80-29-46-42-11-4-34(20-48(42)71-61(84)56(46)76-80)31-88-58-54(53-33(3)47(65)24-49-45(53)26-69-75-49)43(35-5-6-35)23-44-55(58)73-64(89-41-13-18-87-19-14-41)74-59(44)77-27-38-21-39(77)25-68-38/h4,7-12,15,20,23-24,26,29,32,35,38-41,50,52,57,68,81-82H,5-6,13-14,16-19,21-22,25,27-28,30-31H2,1-3H3,(H,69,75)(H,71,84)(H,72,83)(H3,66,67,86)/t38-,39-,40+,50-,52-,57-/m0/s1. The van der Waals surface area contributed by atoms with Crippen molar-refractivity contribution < 1.29 is 43.2 Å². The van der Waals surface area contributed by atoms with Crippen LogP contribution in [0.3, 0.4) is 0 Å². The van der Waals surface area contributed by atoms with E-state index in [4.69, 9.17) is 35.0 Å². The van der Waals surface area contributed by atoms with E-state index in [0.717, 1.165) is 71.3 Å². The number of nitrogens with zero attached hydrogens (tertiary/aromatic N) is 9. The van der Waals surface area contributed by atoms with Crippen LogP contribution in [0.25, 0.3) is 66.0 Å². The number of carbonyl (C=O) groups is 3. The number of pyridine rings is 1. The summed E-state index contributed by atoms with van der Waals surface area (Å²) in [4.78, 5) is 71.8. The van der Waals surface area contributed by atoms with Gasteiger partial charge in [-0.1, -0.05) is 50.2 Å². The van der Waals surface area contributed by atoms with Crippen LogP contribution in [0.5, 0.6) is 11.8 Å². The molecule has 0 radical (unpaired) electrons. The smallest absolute Gasteiger partial charge is 0.319 e. The van der Waals surface area contributed by atoms with Crippen molar-refractivity contribution in [3.05, 3.63) is 118 Å². The maximum Gasteiger partial charge on any atom is 0.319 e. The molecule has 5 aliphatic rings. The lowest BCUT2D eigenvalue weighted by Crippen LogP contribution is -2.50. The Morgan fingerprint density at radius 2 is 1.75 bits per heavy atom. The molecule has 24 nitrogen and oxygen atoms in total. The second-order valence-corrected chi connectivity index (χ2v) is 24.6. The number of H-pyrrole nitrogens is 2. The molecule has 5 fully saturated rings. The Balaban J connectivity index is 0.768. The highest BCUT2D eigenvalue weighted by Gasteiger charge is 2.44. The van der Waals surface area contributed by atoms with Gasteiger partial charge in [0.05, 0.1) is 55.9 Å². The number of carbonyl (C=O) groups excluding carboxylic acids is 3. The molecule has 25 heteroatoms. The normalized spacial score (nSPS) is 20.2. The Labute approximate surface area is 509 Å². The number of nitrogens with one attached hydrogen (secondary N) is 5. The van der Waals surface area contributed by atoms with Crippen molar-refractivity contribution in [3.63, 3.8) is 0 Å². The number of aliphatic hydroxyl groups excluding tert-OH is 2. The number of aliphatic hydroxyl groups is 2. The highest BCUT2D eigenvalue weighted by Crippen LogP contribution is 2.54. The van der Waals surface area contributed by atoms with Crippen LogP contribution in [-0.2, 0) is 27.5 Å². The van der Waals surface area contributed by atoms with E-state index in [1.54, 1.807) is 42.3 Å². The molecule has 9 heterocycles. The van der Waals surface area contributed by atoms with Crippen LogP contribution in [0.2, 0.25) is 0 Å². The first kappa shape index (κ1) is 57.7. The SMILES string of the molecule is Cc1c(F)cc2[nH]ncc2c1-c1c(C2CC2)cc2c(N3C[C@@H]4C[C@H]3CN4)nc(OC3CCOCC3)nc2c1OCc1ccc2c(c1)[nH]c(=O)c1nn([C@H](C(=O)N3C[C@H](O)C[C@H]3C(=O)N[C@@H](CO)c3ccc(-c4ccnn4CCNC(N)=O)cc3)C(C)C)cc12. The number of piperazine rings is 1. The number of halogens is 1. The number of hydrogen-bond donors (Lipinski definition) is 8. The van der Waals surface area contributed by atoms with Crippen molar-refractivity contribution in [2.24, 2.45) is 11.7 Å². The van der Waals surface area contributed by atoms with Crippen LogP contribution in [0.15, 0.2) is 84.0 Å². The van der Waals surface area contributed by atoms with Gasteiger partial charge in [-0.2, -0.15) is 25.3 Å². The monoisotopic (exact) mass is 1210 g/mol. The number of urea groups is 1. The Morgan fingerprint density at radius 1 is 0.933 bits per heavy atom. The van der Waals surface area contributed by atoms with Gasteiger partial charge in [0, 0.05) is 108 Å². The highest BCUT2D eigenvalue weighted by atomic mass is 19.1. The van der Waals surface area contributed by atoms with Crippen LogP contribution in [0.4, 0.5) is 15.0 Å². The summed E-state index contributed by atoms with van der Waals surface area (Å²) in [5.41, 5.74) is 12.2. The molecule has 4 saturated heterocycles.